The zero-order chi connectivity index (χ0) is 19.0. The third kappa shape index (κ3) is 3.57. The van der Waals surface area contributed by atoms with E-state index >= 15 is 0 Å². The predicted molar refractivity (Wildman–Crippen MR) is 102 cm³/mol. The number of amides is 3. The van der Waals surface area contributed by atoms with Gasteiger partial charge in [-0.1, -0.05) is 25.1 Å². The molecule has 1 aliphatic carbocycles. The highest BCUT2D eigenvalue weighted by Gasteiger charge is 2.40. The fraction of sp³-hybridized carbons (Fsp3) is 0.571. The molecule has 1 atom stereocenters. The summed E-state index contributed by atoms with van der Waals surface area (Å²) in [6, 6.07) is 7.92. The van der Waals surface area contributed by atoms with Gasteiger partial charge in [0.1, 0.15) is 0 Å². The standard InChI is InChI=1S/C21H27N3O3/c1-2-15-5-3-4-6-18(15)24-14-17(13-19(24)25)21(27)23-11-9-22(10-12-23)20(26)16-7-8-16/h3-6,16-17H,2,7-14H2,1H3/t17-/m1/s1. The Hall–Kier alpha value is -2.37. The molecule has 3 fully saturated rings. The van der Waals surface area contributed by atoms with Gasteiger partial charge in [0.25, 0.3) is 0 Å². The van der Waals surface area contributed by atoms with Crippen LogP contribution >= 0.6 is 0 Å². The number of aryl methyl sites for hydroxylation is 1. The maximum Gasteiger partial charge on any atom is 0.228 e. The third-order valence-electron chi connectivity index (χ3n) is 5.97. The SMILES string of the molecule is CCc1ccccc1N1C[C@H](C(=O)N2CCN(C(=O)C3CC3)CC2)CC1=O. The van der Waals surface area contributed by atoms with Crippen molar-refractivity contribution < 1.29 is 14.4 Å². The first kappa shape index (κ1) is 18.0. The van der Waals surface area contributed by atoms with Gasteiger partial charge in [-0.2, -0.15) is 0 Å². The molecule has 6 heteroatoms. The first-order valence-corrected chi connectivity index (χ1v) is 10.0. The average Bonchev–Trinajstić information content (AvgIpc) is 3.49. The number of hydrogen-bond donors (Lipinski definition) is 0. The van der Waals surface area contributed by atoms with E-state index in [9.17, 15) is 14.4 Å². The number of nitrogens with zero attached hydrogens (tertiary/aromatic N) is 3. The molecule has 6 nitrogen and oxygen atoms in total. The third-order valence-corrected chi connectivity index (χ3v) is 5.97. The molecule has 0 N–H and O–H groups in total. The van der Waals surface area contributed by atoms with Crippen LogP contribution in [0.25, 0.3) is 0 Å². The van der Waals surface area contributed by atoms with Crippen LogP contribution in [0.15, 0.2) is 24.3 Å². The van der Waals surface area contributed by atoms with Crippen molar-refractivity contribution in [3.63, 3.8) is 0 Å². The van der Waals surface area contributed by atoms with Crippen LogP contribution in [0.1, 0.15) is 31.7 Å². The highest BCUT2D eigenvalue weighted by Crippen LogP contribution is 2.32. The summed E-state index contributed by atoms with van der Waals surface area (Å²) in [4.78, 5) is 43.2. The second-order valence-electron chi connectivity index (χ2n) is 7.81. The predicted octanol–water partition coefficient (Wildman–Crippen LogP) is 1.68. The second kappa shape index (κ2) is 7.33. The van der Waals surface area contributed by atoms with Gasteiger partial charge in [-0.15, -0.1) is 0 Å². The minimum atomic E-state index is -0.284. The Bertz CT molecular complexity index is 751. The molecular weight excluding hydrogens is 342 g/mol. The Morgan fingerprint density at radius 1 is 0.963 bits per heavy atom. The molecule has 1 saturated carbocycles. The van der Waals surface area contributed by atoms with Crippen LogP contribution in [-0.2, 0) is 20.8 Å². The van der Waals surface area contributed by atoms with Gasteiger partial charge < -0.3 is 14.7 Å². The van der Waals surface area contributed by atoms with E-state index in [-0.39, 0.29) is 36.0 Å². The molecule has 0 bridgehead atoms. The number of hydrogen-bond acceptors (Lipinski definition) is 3. The number of carbonyl (C=O) groups excluding carboxylic acids is 3. The van der Waals surface area contributed by atoms with Crippen LogP contribution in [0.3, 0.4) is 0 Å². The summed E-state index contributed by atoms with van der Waals surface area (Å²) in [6.07, 6.45) is 3.15. The zero-order valence-electron chi connectivity index (χ0n) is 15.9. The summed E-state index contributed by atoms with van der Waals surface area (Å²) in [6.45, 7) is 4.91. The summed E-state index contributed by atoms with van der Waals surface area (Å²) in [5.74, 6) is 0.274. The van der Waals surface area contributed by atoms with Gasteiger partial charge in [0.05, 0.1) is 5.92 Å². The number of carbonyl (C=O) groups is 3. The molecule has 144 valence electrons. The molecule has 1 aromatic rings. The quantitative estimate of drug-likeness (QED) is 0.811. The maximum absolute atomic E-state index is 12.9. The van der Waals surface area contributed by atoms with E-state index in [1.165, 1.54) is 0 Å². The number of piperazine rings is 1. The van der Waals surface area contributed by atoms with Crippen LogP contribution in [0.5, 0.6) is 0 Å². The summed E-state index contributed by atoms with van der Waals surface area (Å²) in [5, 5.41) is 0. The average molecular weight is 369 g/mol. The van der Waals surface area contributed by atoms with Crippen LogP contribution < -0.4 is 4.90 Å². The molecular formula is C21H27N3O3. The molecule has 2 saturated heterocycles. The van der Waals surface area contributed by atoms with Gasteiger partial charge in [-0.05, 0) is 30.9 Å². The second-order valence-corrected chi connectivity index (χ2v) is 7.81. The molecule has 3 aliphatic rings. The molecule has 1 aromatic carbocycles. The Balaban J connectivity index is 1.37. The summed E-state index contributed by atoms with van der Waals surface area (Å²) < 4.78 is 0. The highest BCUT2D eigenvalue weighted by molar-refractivity contribution is 6.00. The molecule has 0 aromatic heterocycles. The summed E-state index contributed by atoms with van der Waals surface area (Å²) >= 11 is 0. The topological polar surface area (TPSA) is 60.9 Å². The van der Waals surface area contributed by atoms with Crippen LogP contribution in [0, 0.1) is 11.8 Å². The number of anilines is 1. The van der Waals surface area contributed by atoms with Gasteiger partial charge in [-0.3, -0.25) is 14.4 Å². The van der Waals surface area contributed by atoms with Gasteiger partial charge in [-0.25, -0.2) is 0 Å². The van der Waals surface area contributed by atoms with Crippen molar-refractivity contribution in [2.45, 2.75) is 32.6 Å². The van der Waals surface area contributed by atoms with E-state index < -0.39 is 0 Å². The van der Waals surface area contributed by atoms with E-state index in [1.54, 1.807) is 4.90 Å². The van der Waals surface area contributed by atoms with Crippen LogP contribution in [0.2, 0.25) is 0 Å². The van der Waals surface area contributed by atoms with Gasteiger partial charge >= 0.3 is 0 Å². The fourth-order valence-electron chi connectivity index (χ4n) is 4.17. The molecule has 2 heterocycles. The van der Waals surface area contributed by atoms with Crippen LogP contribution in [-0.4, -0.2) is 60.2 Å². The molecule has 27 heavy (non-hydrogen) atoms. The van der Waals surface area contributed by atoms with Gasteiger partial charge in [0.15, 0.2) is 0 Å². The monoisotopic (exact) mass is 369 g/mol. The number of para-hydroxylation sites is 1. The van der Waals surface area contributed by atoms with E-state index in [1.807, 2.05) is 34.1 Å². The Morgan fingerprint density at radius 2 is 1.56 bits per heavy atom. The van der Waals surface area contributed by atoms with Crippen molar-refractivity contribution in [3.8, 4) is 0 Å². The zero-order valence-corrected chi connectivity index (χ0v) is 15.9. The molecule has 3 amide bonds. The summed E-state index contributed by atoms with van der Waals surface area (Å²) in [7, 11) is 0. The maximum atomic E-state index is 12.9. The minimum absolute atomic E-state index is 0.0248. The normalized spacial score (nSPS) is 23.1. The number of rotatable bonds is 4. The lowest BCUT2D eigenvalue weighted by Gasteiger charge is -2.36. The lowest BCUT2D eigenvalue weighted by atomic mass is 10.1. The van der Waals surface area contributed by atoms with Crippen molar-refractivity contribution in [2.75, 3.05) is 37.6 Å². The van der Waals surface area contributed by atoms with Crippen molar-refractivity contribution in [1.82, 2.24) is 9.80 Å². The van der Waals surface area contributed by atoms with E-state index in [2.05, 4.69) is 6.92 Å². The first-order chi connectivity index (χ1) is 13.1. The highest BCUT2D eigenvalue weighted by atomic mass is 16.2. The van der Waals surface area contributed by atoms with Crippen molar-refractivity contribution in [1.29, 1.82) is 0 Å². The van der Waals surface area contributed by atoms with Gasteiger partial charge in [0.2, 0.25) is 17.7 Å². The van der Waals surface area contributed by atoms with Crippen molar-refractivity contribution in [2.24, 2.45) is 11.8 Å². The largest absolute Gasteiger partial charge is 0.339 e. The molecule has 0 spiro atoms. The Labute approximate surface area is 160 Å². The summed E-state index contributed by atoms with van der Waals surface area (Å²) in [5.41, 5.74) is 2.06. The van der Waals surface area contributed by atoms with E-state index in [4.69, 9.17) is 0 Å². The van der Waals surface area contributed by atoms with Gasteiger partial charge in [0, 0.05) is 50.7 Å². The number of benzene rings is 1. The molecule has 0 unspecified atom stereocenters. The van der Waals surface area contributed by atoms with Crippen LogP contribution in [0.4, 0.5) is 5.69 Å². The molecule has 4 rings (SSSR count). The smallest absolute Gasteiger partial charge is 0.228 e. The van der Waals surface area contributed by atoms with Crippen molar-refractivity contribution in [3.05, 3.63) is 29.8 Å². The lowest BCUT2D eigenvalue weighted by molar-refractivity contribution is -0.142. The van der Waals surface area contributed by atoms with Crippen molar-refractivity contribution >= 4 is 23.4 Å². The Morgan fingerprint density at radius 3 is 2.15 bits per heavy atom. The lowest BCUT2D eigenvalue weighted by Crippen LogP contribution is -2.52. The fourth-order valence-corrected chi connectivity index (χ4v) is 4.17. The molecule has 0 radical (unpaired) electrons. The first-order valence-electron chi connectivity index (χ1n) is 10.0. The molecule has 2 aliphatic heterocycles. The Kier molecular flexibility index (Phi) is 4.89. The van der Waals surface area contributed by atoms with E-state index in [0.29, 0.717) is 32.7 Å². The minimum Gasteiger partial charge on any atom is -0.339 e. The van der Waals surface area contributed by atoms with E-state index in [0.717, 1.165) is 30.5 Å².